The quantitative estimate of drug-likeness (QED) is 0.364. The fourth-order valence-electron chi connectivity index (χ4n) is 0.905. The van der Waals surface area contributed by atoms with Gasteiger partial charge in [0.1, 0.15) is 6.04 Å². The van der Waals surface area contributed by atoms with E-state index in [2.05, 4.69) is 10.6 Å². The number of carboxylic acid groups (broad SMARTS) is 2. The normalized spacial score (nSPS) is 11.2. The fourth-order valence-corrected chi connectivity index (χ4v) is 0.905. The highest BCUT2D eigenvalue weighted by atomic mass is 16.4. The van der Waals surface area contributed by atoms with E-state index >= 15 is 0 Å². The van der Waals surface area contributed by atoms with Crippen LogP contribution in [0.3, 0.4) is 0 Å². The molecule has 0 aliphatic carbocycles. The molecule has 0 fully saturated rings. The third kappa shape index (κ3) is 6.35. The molecule has 0 aliphatic heterocycles. The molecule has 0 aromatic rings. The van der Waals surface area contributed by atoms with Crippen molar-refractivity contribution in [3.8, 4) is 0 Å². The molecule has 0 saturated heterocycles. The molecule has 1 atom stereocenters. The predicted molar refractivity (Wildman–Crippen MR) is 50.5 cm³/mol. The van der Waals surface area contributed by atoms with E-state index in [9.17, 15) is 19.2 Å². The van der Waals surface area contributed by atoms with Crippen LogP contribution in [0.2, 0.25) is 0 Å². The van der Waals surface area contributed by atoms with E-state index in [0.29, 0.717) is 6.41 Å². The number of aliphatic carboxylic acids is 2. The lowest BCUT2D eigenvalue weighted by Crippen LogP contribution is -2.44. The van der Waals surface area contributed by atoms with Crippen molar-refractivity contribution >= 4 is 24.3 Å². The molecule has 0 spiro atoms. The Kier molecular flexibility index (Phi) is 6.25. The van der Waals surface area contributed by atoms with Crippen molar-refractivity contribution in [1.29, 1.82) is 0 Å². The molecule has 0 rings (SSSR count). The van der Waals surface area contributed by atoms with Gasteiger partial charge in [-0.05, 0) is 6.42 Å². The van der Waals surface area contributed by atoms with Crippen molar-refractivity contribution in [3.05, 3.63) is 0 Å². The maximum Gasteiger partial charge on any atom is 0.326 e. The van der Waals surface area contributed by atoms with E-state index in [-0.39, 0.29) is 19.4 Å². The topological polar surface area (TPSA) is 133 Å². The van der Waals surface area contributed by atoms with Gasteiger partial charge >= 0.3 is 11.9 Å². The van der Waals surface area contributed by atoms with Gasteiger partial charge in [0, 0.05) is 6.42 Å². The number of hydrogen-bond acceptors (Lipinski definition) is 4. The maximum absolute atomic E-state index is 11.0. The molecule has 16 heavy (non-hydrogen) atoms. The Hall–Kier alpha value is -2.12. The minimum atomic E-state index is -1.32. The van der Waals surface area contributed by atoms with Crippen molar-refractivity contribution in [2.75, 3.05) is 6.54 Å². The van der Waals surface area contributed by atoms with Crippen LogP contribution in [0.5, 0.6) is 0 Å². The summed E-state index contributed by atoms with van der Waals surface area (Å²) in [6.07, 6.45) is -0.275. The Morgan fingerprint density at radius 1 is 1.25 bits per heavy atom. The van der Waals surface area contributed by atoms with E-state index in [1.807, 2.05) is 0 Å². The molecule has 0 unspecified atom stereocenters. The van der Waals surface area contributed by atoms with Gasteiger partial charge < -0.3 is 20.8 Å². The lowest BCUT2D eigenvalue weighted by molar-refractivity contribution is -0.142. The SMILES string of the molecule is O=CNCC(=O)N[C@@H](CCC(=O)O)C(=O)O. The Balaban J connectivity index is 4.11. The minimum absolute atomic E-state index is 0.211. The number of amides is 2. The van der Waals surface area contributed by atoms with Crippen molar-refractivity contribution in [2.45, 2.75) is 18.9 Å². The number of hydrogen-bond donors (Lipinski definition) is 4. The van der Waals surface area contributed by atoms with E-state index in [1.165, 1.54) is 0 Å². The predicted octanol–water partition coefficient (Wildman–Crippen LogP) is -1.83. The summed E-state index contributed by atoms with van der Waals surface area (Å²) < 4.78 is 0. The molecule has 0 saturated carbocycles. The van der Waals surface area contributed by atoms with Crippen LogP contribution in [0.1, 0.15) is 12.8 Å². The first-order chi connectivity index (χ1) is 7.47. The van der Waals surface area contributed by atoms with Crippen LogP contribution in [-0.4, -0.2) is 47.1 Å². The number of nitrogens with one attached hydrogen (secondary N) is 2. The molecule has 0 aromatic heterocycles. The Labute approximate surface area is 90.6 Å². The van der Waals surface area contributed by atoms with E-state index in [0.717, 1.165) is 0 Å². The van der Waals surface area contributed by atoms with E-state index in [4.69, 9.17) is 10.2 Å². The molecule has 0 heterocycles. The summed E-state index contributed by atoms with van der Waals surface area (Å²) in [5, 5.41) is 21.2. The zero-order chi connectivity index (χ0) is 12.6. The number of carbonyl (C=O) groups is 4. The van der Waals surface area contributed by atoms with E-state index in [1.54, 1.807) is 0 Å². The molecule has 8 nitrogen and oxygen atoms in total. The molecular weight excluding hydrogens is 220 g/mol. The molecular formula is C8H12N2O6. The summed E-state index contributed by atoms with van der Waals surface area (Å²) in [7, 11) is 0. The van der Waals surface area contributed by atoms with Crippen LogP contribution < -0.4 is 10.6 Å². The second-order valence-corrected chi connectivity index (χ2v) is 2.89. The van der Waals surface area contributed by atoms with Gasteiger partial charge in [-0.15, -0.1) is 0 Å². The summed E-state index contributed by atoms with van der Waals surface area (Å²) in [5.74, 6) is -3.16. The zero-order valence-corrected chi connectivity index (χ0v) is 8.30. The van der Waals surface area contributed by atoms with Crippen molar-refractivity contribution < 1.29 is 29.4 Å². The Bertz CT molecular complexity index is 290. The average Bonchev–Trinajstić information content (AvgIpc) is 2.20. The van der Waals surface area contributed by atoms with Gasteiger partial charge in [-0.2, -0.15) is 0 Å². The second-order valence-electron chi connectivity index (χ2n) is 2.89. The largest absolute Gasteiger partial charge is 0.481 e. The molecule has 0 bridgehead atoms. The van der Waals surface area contributed by atoms with Crippen LogP contribution >= 0.6 is 0 Å². The molecule has 0 radical (unpaired) electrons. The summed E-state index contributed by atoms with van der Waals surface area (Å²) in [4.78, 5) is 41.7. The molecule has 4 N–H and O–H groups in total. The van der Waals surface area contributed by atoms with Crippen LogP contribution in [0.25, 0.3) is 0 Å². The lowest BCUT2D eigenvalue weighted by Gasteiger charge is -2.12. The van der Waals surface area contributed by atoms with Gasteiger partial charge in [0.2, 0.25) is 12.3 Å². The van der Waals surface area contributed by atoms with Crippen molar-refractivity contribution in [3.63, 3.8) is 0 Å². The molecule has 0 aliphatic rings. The number of rotatable bonds is 8. The highest BCUT2D eigenvalue weighted by molar-refractivity contribution is 5.85. The van der Waals surface area contributed by atoms with E-state index < -0.39 is 23.9 Å². The van der Waals surface area contributed by atoms with Crippen LogP contribution in [0.4, 0.5) is 0 Å². The Morgan fingerprint density at radius 3 is 2.31 bits per heavy atom. The highest BCUT2D eigenvalue weighted by Crippen LogP contribution is 1.97. The monoisotopic (exact) mass is 232 g/mol. The fraction of sp³-hybridized carbons (Fsp3) is 0.500. The summed E-state index contributed by atoms with van der Waals surface area (Å²) >= 11 is 0. The molecule has 2 amide bonds. The van der Waals surface area contributed by atoms with Crippen LogP contribution in [0.15, 0.2) is 0 Å². The standard InChI is InChI=1S/C8H12N2O6/c11-4-9-3-6(12)10-5(8(15)16)1-2-7(13)14/h4-5H,1-3H2,(H,9,11)(H,10,12)(H,13,14)(H,15,16)/t5-/m0/s1. The first-order valence-electron chi connectivity index (χ1n) is 4.38. The third-order valence-electron chi connectivity index (χ3n) is 1.63. The third-order valence-corrected chi connectivity index (χ3v) is 1.63. The summed E-state index contributed by atoms with van der Waals surface area (Å²) in [5.41, 5.74) is 0. The number of carboxylic acids is 2. The van der Waals surface area contributed by atoms with Gasteiger partial charge in [-0.1, -0.05) is 0 Å². The Morgan fingerprint density at radius 2 is 1.88 bits per heavy atom. The minimum Gasteiger partial charge on any atom is -0.481 e. The van der Waals surface area contributed by atoms with Gasteiger partial charge in [-0.25, -0.2) is 4.79 Å². The van der Waals surface area contributed by atoms with Gasteiger partial charge in [-0.3, -0.25) is 14.4 Å². The molecule has 8 heteroatoms. The molecule has 0 aromatic carbocycles. The van der Waals surface area contributed by atoms with Gasteiger partial charge in [0.25, 0.3) is 0 Å². The summed E-state index contributed by atoms with van der Waals surface area (Å²) in [6.45, 7) is -0.347. The van der Waals surface area contributed by atoms with Crippen LogP contribution in [-0.2, 0) is 19.2 Å². The highest BCUT2D eigenvalue weighted by Gasteiger charge is 2.20. The first kappa shape index (κ1) is 13.9. The lowest BCUT2D eigenvalue weighted by atomic mass is 10.1. The van der Waals surface area contributed by atoms with Gasteiger partial charge in [0.15, 0.2) is 0 Å². The van der Waals surface area contributed by atoms with Crippen molar-refractivity contribution in [1.82, 2.24) is 10.6 Å². The summed E-state index contributed by atoms with van der Waals surface area (Å²) in [6, 6.07) is -1.27. The second kappa shape index (κ2) is 7.21. The van der Waals surface area contributed by atoms with Gasteiger partial charge in [0.05, 0.1) is 6.54 Å². The number of carbonyl (C=O) groups excluding carboxylic acids is 2. The molecule has 90 valence electrons. The smallest absolute Gasteiger partial charge is 0.326 e. The van der Waals surface area contributed by atoms with Crippen molar-refractivity contribution in [2.24, 2.45) is 0 Å². The zero-order valence-electron chi connectivity index (χ0n) is 8.30. The van der Waals surface area contributed by atoms with Crippen LogP contribution in [0, 0.1) is 0 Å². The average molecular weight is 232 g/mol. The first-order valence-corrected chi connectivity index (χ1v) is 4.38. The maximum atomic E-state index is 11.0.